The topological polar surface area (TPSA) is 131 Å². The van der Waals surface area contributed by atoms with Crippen molar-refractivity contribution in [3.8, 4) is 11.8 Å². The number of hydrogen-bond donors (Lipinski definition) is 3. The third-order valence-electron chi connectivity index (χ3n) is 7.15. The first kappa shape index (κ1) is 37.1. The maximum Gasteiger partial charge on any atom is 0.408 e. The Bertz CT molecular complexity index is 1180. The molecule has 0 saturated heterocycles. The highest BCUT2D eigenvalue weighted by atomic mass is 32.1. The Morgan fingerprint density at radius 3 is 2.00 bits per heavy atom. The number of amides is 2. The highest BCUT2D eigenvalue weighted by Gasteiger charge is 2.30. The normalized spacial score (nSPS) is 16.8. The predicted octanol–water partition coefficient (Wildman–Crippen LogP) is 7.77. The number of carbonyl (C=O) groups excluding carboxylic acids is 3. The zero-order chi connectivity index (χ0) is 33.1. The lowest BCUT2D eigenvalue weighted by Crippen LogP contribution is -2.48. The van der Waals surface area contributed by atoms with Gasteiger partial charge in [0.05, 0.1) is 10.6 Å². The fraction of sp³-hybridized carbons (Fsp3) is 0.706. The van der Waals surface area contributed by atoms with Crippen LogP contribution in [0.25, 0.3) is 0 Å². The van der Waals surface area contributed by atoms with Gasteiger partial charge in [0.25, 0.3) is 0 Å². The molecule has 3 rings (SSSR count). The quantitative estimate of drug-likeness (QED) is 0.207. The van der Waals surface area contributed by atoms with E-state index in [2.05, 4.69) is 22.5 Å². The maximum atomic E-state index is 12.3. The average molecular weight is 633 g/mol. The van der Waals surface area contributed by atoms with Crippen LogP contribution in [0.5, 0.6) is 0 Å². The highest BCUT2D eigenvalue weighted by Crippen LogP contribution is 2.30. The number of carboxylic acid groups (broad SMARTS) is 1. The van der Waals surface area contributed by atoms with Crippen LogP contribution in [0.1, 0.15) is 134 Å². The molecule has 0 radical (unpaired) electrons. The van der Waals surface area contributed by atoms with Crippen LogP contribution in [0.2, 0.25) is 0 Å². The standard InChI is InChI=1S/C18H23NO3S.C16H29NO4/c1-18(2,3)10-9-13-11-14(15(23-13)17(21)22)19-16(20)12-7-5-4-6-8-12;1-11(2)13(17-15(19)21-16(3,4)5)14(18)20-12-9-7-6-8-10-12/h11-12H,4-8H2,1-3H3,(H,19,20)(H,21,22);11-13H,6-10H2,1-5H3,(H,17,19). The fourth-order valence-electron chi connectivity index (χ4n) is 4.91. The van der Waals surface area contributed by atoms with Gasteiger partial charge in [-0.15, -0.1) is 11.3 Å². The van der Waals surface area contributed by atoms with Gasteiger partial charge in [-0.2, -0.15) is 0 Å². The largest absolute Gasteiger partial charge is 0.477 e. The minimum absolute atomic E-state index is 0.00518. The number of alkyl carbamates (subject to hydrolysis) is 1. The summed E-state index contributed by atoms with van der Waals surface area (Å²) in [5, 5.41) is 14.8. The molecule has 0 aliphatic heterocycles. The molecule has 2 saturated carbocycles. The Kier molecular flexibility index (Phi) is 14.2. The van der Waals surface area contributed by atoms with Crippen molar-refractivity contribution in [2.24, 2.45) is 17.3 Å². The summed E-state index contributed by atoms with van der Waals surface area (Å²) < 4.78 is 10.7. The number of carbonyl (C=O) groups is 4. The van der Waals surface area contributed by atoms with E-state index in [1.807, 2.05) is 34.6 Å². The monoisotopic (exact) mass is 632 g/mol. The van der Waals surface area contributed by atoms with E-state index in [0.717, 1.165) is 62.7 Å². The van der Waals surface area contributed by atoms with Crippen molar-refractivity contribution in [2.45, 2.75) is 137 Å². The lowest BCUT2D eigenvalue weighted by Gasteiger charge is -2.27. The van der Waals surface area contributed by atoms with E-state index in [1.165, 1.54) is 12.8 Å². The second-order valence-electron chi connectivity index (χ2n) is 14.0. The average Bonchev–Trinajstić information content (AvgIpc) is 3.33. The minimum Gasteiger partial charge on any atom is -0.477 e. The Morgan fingerprint density at radius 2 is 1.50 bits per heavy atom. The Labute approximate surface area is 267 Å². The van der Waals surface area contributed by atoms with Crippen LogP contribution in [0.3, 0.4) is 0 Å². The van der Waals surface area contributed by atoms with Crippen LogP contribution in [0.15, 0.2) is 6.07 Å². The second kappa shape index (κ2) is 16.9. The first-order valence-corrected chi connectivity index (χ1v) is 16.7. The molecule has 2 aliphatic rings. The van der Waals surface area contributed by atoms with Gasteiger partial charge in [0.15, 0.2) is 0 Å². The van der Waals surface area contributed by atoms with Crippen molar-refractivity contribution in [1.29, 1.82) is 0 Å². The molecule has 246 valence electrons. The number of nitrogens with one attached hydrogen (secondary N) is 2. The predicted molar refractivity (Wildman–Crippen MR) is 174 cm³/mol. The van der Waals surface area contributed by atoms with Crippen LogP contribution in [0, 0.1) is 29.1 Å². The molecule has 44 heavy (non-hydrogen) atoms. The molecule has 0 bridgehead atoms. The zero-order valence-electron chi connectivity index (χ0n) is 27.8. The van der Waals surface area contributed by atoms with E-state index in [0.29, 0.717) is 10.6 Å². The first-order valence-electron chi connectivity index (χ1n) is 15.9. The number of ether oxygens (including phenoxy) is 2. The molecular weight excluding hydrogens is 580 g/mol. The van der Waals surface area contributed by atoms with Gasteiger partial charge in [-0.25, -0.2) is 14.4 Å². The highest BCUT2D eigenvalue weighted by molar-refractivity contribution is 7.15. The third-order valence-corrected chi connectivity index (χ3v) is 8.19. The van der Waals surface area contributed by atoms with E-state index in [4.69, 9.17) is 9.47 Å². The summed E-state index contributed by atoms with van der Waals surface area (Å²) in [6, 6.07) is 1.01. The van der Waals surface area contributed by atoms with Crippen LogP contribution >= 0.6 is 11.3 Å². The summed E-state index contributed by atoms with van der Waals surface area (Å²) in [6.45, 7) is 15.1. The Morgan fingerprint density at radius 1 is 0.932 bits per heavy atom. The van der Waals surface area contributed by atoms with Gasteiger partial charge in [-0.1, -0.05) is 51.4 Å². The number of thiophene rings is 1. The molecule has 1 aromatic rings. The number of rotatable bonds is 7. The third kappa shape index (κ3) is 13.7. The second-order valence-corrected chi connectivity index (χ2v) is 15.1. The van der Waals surface area contributed by atoms with Crippen LogP contribution in [0.4, 0.5) is 10.5 Å². The van der Waals surface area contributed by atoms with Crippen molar-refractivity contribution in [3.05, 3.63) is 15.8 Å². The van der Waals surface area contributed by atoms with E-state index >= 15 is 0 Å². The fourth-order valence-corrected chi connectivity index (χ4v) is 5.71. The molecule has 3 N–H and O–H groups in total. The minimum atomic E-state index is -1.03. The Hall–Kier alpha value is -3.06. The molecule has 2 aliphatic carbocycles. The van der Waals surface area contributed by atoms with Gasteiger partial charge in [-0.05, 0) is 92.1 Å². The van der Waals surface area contributed by atoms with Crippen molar-refractivity contribution >= 4 is 41.0 Å². The summed E-state index contributed by atoms with van der Waals surface area (Å²) in [5.74, 6) is 4.59. The number of hydrogen-bond acceptors (Lipinski definition) is 7. The van der Waals surface area contributed by atoms with Crippen LogP contribution in [-0.2, 0) is 19.1 Å². The first-order chi connectivity index (χ1) is 20.4. The number of aromatic carboxylic acids is 1. The number of anilines is 1. The molecule has 0 aromatic carbocycles. The summed E-state index contributed by atoms with van der Waals surface area (Å²) in [7, 11) is 0. The van der Waals surface area contributed by atoms with Crippen molar-refractivity contribution < 1.29 is 33.8 Å². The molecule has 2 fully saturated rings. The summed E-state index contributed by atoms with van der Waals surface area (Å²) in [6.07, 6.45) is 9.73. The van der Waals surface area contributed by atoms with Gasteiger partial charge in [0.1, 0.15) is 22.6 Å². The zero-order valence-corrected chi connectivity index (χ0v) is 28.6. The van der Waals surface area contributed by atoms with Gasteiger partial charge in [0, 0.05) is 11.3 Å². The van der Waals surface area contributed by atoms with E-state index in [1.54, 1.807) is 26.8 Å². The Balaban J connectivity index is 0.000000308. The van der Waals surface area contributed by atoms with Crippen LogP contribution < -0.4 is 10.6 Å². The van der Waals surface area contributed by atoms with Gasteiger partial charge < -0.3 is 25.2 Å². The number of esters is 1. The van der Waals surface area contributed by atoms with E-state index in [-0.39, 0.29) is 40.1 Å². The molecule has 0 spiro atoms. The lowest BCUT2D eigenvalue weighted by molar-refractivity contribution is -0.154. The molecule has 10 heteroatoms. The molecule has 1 unspecified atom stereocenters. The van der Waals surface area contributed by atoms with Gasteiger partial charge >= 0.3 is 18.0 Å². The number of carboxylic acids is 1. The van der Waals surface area contributed by atoms with Crippen molar-refractivity contribution in [3.63, 3.8) is 0 Å². The molecule has 1 aromatic heterocycles. The molecule has 1 heterocycles. The SMILES string of the molecule is CC(C)(C)C#Cc1cc(NC(=O)C2CCCCC2)c(C(=O)O)s1.CC(C)C(NC(=O)OC(C)(C)C)C(=O)OC1CCCCC1. The summed E-state index contributed by atoms with van der Waals surface area (Å²) in [4.78, 5) is 48.6. The molecule has 1 atom stereocenters. The molecular formula is C34H52N2O7S. The molecule has 9 nitrogen and oxygen atoms in total. The van der Waals surface area contributed by atoms with Crippen molar-refractivity contribution in [1.82, 2.24) is 5.32 Å². The molecule has 2 amide bonds. The smallest absolute Gasteiger partial charge is 0.408 e. The van der Waals surface area contributed by atoms with E-state index < -0.39 is 23.7 Å². The summed E-state index contributed by atoms with van der Waals surface area (Å²) >= 11 is 1.11. The van der Waals surface area contributed by atoms with Gasteiger partial charge in [-0.3, -0.25) is 4.79 Å². The van der Waals surface area contributed by atoms with Crippen LogP contribution in [-0.4, -0.2) is 46.8 Å². The van der Waals surface area contributed by atoms with E-state index in [9.17, 15) is 24.3 Å². The maximum absolute atomic E-state index is 12.3. The van der Waals surface area contributed by atoms with Gasteiger partial charge in [0.2, 0.25) is 5.91 Å². The summed E-state index contributed by atoms with van der Waals surface area (Å²) in [5.41, 5.74) is -0.367. The van der Waals surface area contributed by atoms with Crippen molar-refractivity contribution in [2.75, 3.05) is 5.32 Å². The lowest BCUT2D eigenvalue weighted by atomic mass is 9.88.